The normalized spacial score (nSPS) is 19.6. The number of nitrogens with two attached hydrogens (primary N) is 1. The molecule has 110 valence electrons. The molecule has 0 saturated heterocycles. The molecule has 2 fully saturated rings. The lowest BCUT2D eigenvalue weighted by Gasteiger charge is -2.18. The fraction of sp³-hybridized carbons (Fsp3) is 0.538. The molecule has 1 aromatic carbocycles. The number of nitrogens with one attached hydrogen (secondary N) is 1. The molecule has 0 radical (unpaired) electrons. The Morgan fingerprint density at radius 2 is 1.70 bits per heavy atom. The van der Waals surface area contributed by atoms with Crippen molar-refractivity contribution in [2.24, 2.45) is 11.8 Å². The molecule has 0 amide bonds. The van der Waals surface area contributed by atoms with Gasteiger partial charge in [0, 0.05) is 6.04 Å². The number of benzene rings is 1. The maximum Gasteiger partial charge on any atom is 0.243 e. The standard InChI is InChI=1S/C13H16F2N2O2S/c14-9-5-6-10(11(15)12(9)16)20(18,19)17-13(7-1-2-7)8-3-4-8/h5-8,13,17H,1-4,16H2. The lowest BCUT2D eigenvalue weighted by Crippen LogP contribution is -2.38. The zero-order valence-corrected chi connectivity index (χ0v) is 11.6. The third-order valence-corrected chi connectivity index (χ3v) is 5.41. The fourth-order valence-corrected chi connectivity index (χ4v) is 3.95. The molecule has 0 spiro atoms. The monoisotopic (exact) mass is 302 g/mol. The molecule has 0 heterocycles. The Hall–Kier alpha value is -1.21. The van der Waals surface area contributed by atoms with Crippen molar-refractivity contribution in [3.8, 4) is 0 Å². The van der Waals surface area contributed by atoms with Crippen LogP contribution in [-0.4, -0.2) is 14.5 Å². The maximum absolute atomic E-state index is 13.9. The average Bonchev–Trinajstić information content (AvgIpc) is 3.27. The number of halogens is 2. The largest absolute Gasteiger partial charge is 0.394 e. The molecule has 20 heavy (non-hydrogen) atoms. The Balaban J connectivity index is 1.89. The van der Waals surface area contributed by atoms with Gasteiger partial charge in [-0.1, -0.05) is 0 Å². The molecule has 4 nitrogen and oxygen atoms in total. The highest BCUT2D eigenvalue weighted by Crippen LogP contribution is 2.45. The molecular weight excluding hydrogens is 286 g/mol. The summed E-state index contributed by atoms with van der Waals surface area (Å²) in [6.07, 6.45) is 3.99. The van der Waals surface area contributed by atoms with Crippen molar-refractivity contribution >= 4 is 15.7 Å². The van der Waals surface area contributed by atoms with E-state index in [1.165, 1.54) is 0 Å². The number of nitrogen functional groups attached to an aromatic ring is 1. The van der Waals surface area contributed by atoms with Crippen LogP contribution >= 0.6 is 0 Å². The first-order valence-corrected chi connectivity index (χ1v) is 8.14. The Morgan fingerprint density at radius 1 is 1.15 bits per heavy atom. The van der Waals surface area contributed by atoms with E-state index in [9.17, 15) is 17.2 Å². The molecule has 0 bridgehead atoms. The van der Waals surface area contributed by atoms with Gasteiger partial charge in [0.2, 0.25) is 10.0 Å². The summed E-state index contributed by atoms with van der Waals surface area (Å²) in [6, 6.07) is 1.65. The number of hydrogen-bond donors (Lipinski definition) is 2. The minimum atomic E-state index is -4.01. The van der Waals surface area contributed by atoms with Gasteiger partial charge in [0.15, 0.2) is 5.82 Å². The summed E-state index contributed by atoms with van der Waals surface area (Å²) < 4.78 is 54.1. The van der Waals surface area contributed by atoms with Crippen LogP contribution in [0.5, 0.6) is 0 Å². The van der Waals surface area contributed by atoms with Crippen molar-refractivity contribution in [2.45, 2.75) is 36.6 Å². The average molecular weight is 302 g/mol. The van der Waals surface area contributed by atoms with Gasteiger partial charge in [0.25, 0.3) is 0 Å². The van der Waals surface area contributed by atoms with Gasteiger partial charge in [0.05, 0.1) is 0 Å². The van der Waals surface area contributed by atoms with Crippen LogP contribution < -0.4 is 10.5 Å². The van der Waals surface area contributed by atoms with Crippen molar-refractivity contribution in [1.29, 1.82) is 0 Å². The van der Waals surface area contributed by atoms with Gasteiger partial charge in [0.1, 0.15) is 16.4 Å². The molecule has 0 atom stereocenters. The Bertz CT molecular complexity index is 628. The number of sulfonamides is 1. The van der Waals surface area contributed by atoms with Crippen LogP contribution in [0.2, 0.25) is 0 Å². The van der Waals surface area contributed by atoms with E-state index in [0.717, 1.165) is 37.8 Å². The zero-order chi connectivity index (χ0) is 14.5. The minimum Gasteiger partial charge on any atom is -0.394 e. The minimum absolute atomic E-state index is 0.134. The van der Waals surface area contributed by atoms with Gasteiger partial charge < -0.3 is 5.73 Å². The van der Waals surface area contributed by atoms with Crippen LogP contribution in [0.15, 0.2) is 17.0 Å². The van der Waals surface area contributed by atoms with Crippen molar-refractivity contribution in [3.05, 3.63) is 23.8 Å². The molecule has 7 heteroatoms. The highest BCUT2D eigenvalue weighted by Gasteiger charge is 2.43. The third-order valence-electron chi connectivity index (χ3n) is 3.93. The van der Waals surface area contributed by atoms with E-state index in [0.29, 0.717) is 11.8 Å². The first-order valence-electron chi connectivity index (χ1n) is 6.66. The SMILES string of the molecule is Nc1c(F)ccc(S(=O)(=O)NC(C2CC2)C2CC2)c1F. The third kappa shape index (κ3) is 2.52. The maximum atomic E-state index is 13.9. The van der Waals surface area contributed by atoms with E-state index < -0.39 is 32.2 Å². The molecule has 2 aliphatic rings. The van der Waals surface area contributed by atoms with E-state index in [1.807, 2.05) is 0 Å². The first kappa shape index (κ1) is 13.8. The van der Waals surface area contributed by atoms with Crippen LogP contribution in [0.1, 0.15) is 25.7 Å². The number of anilines is 1. The van der Waals surface area contributed by atoms with Gasteiger partial charge in [-0.2, -0.15) is 0 Å². The van der Waals surface area contributed by atoms with Crippen LogP contribution in [0, 0.1) is 23.5 Å². The summed E-state index contributed by atoms with van der Waals surface area (Å²) in [4.78, 5) is -0.581. The van der Waals surface area contributed by atoms with Crippen LogP contribution in [0.25, 0.3) is 0 Å². The summed E-state index contributed by atoms with van der Waals surface area (Å²) in [7, 11) is -4.01. The first-order chi connectivity index (χ1) is 9.40. The number of rotatable bonds is 5. The van der Waals surface area contributed by atoms with Crippen molar-refractivity contribution < 1.29 is 17.2 Å². The van der Waals surface area contributed by atoms with E-state index in [2.05, 4.69) is 4.72 Å². The van der Waals surface area contributed by atoms with Gasteiger partial charge in [-0.25, -0.2) is 21.9 Å². The second kappa shape index (κ2) is 4.66. The highest BCUT2D eigenvalue weighted by atomic mass is 32.2. The molecule has 2 saturated carbocycles. The molecule has 0 aromatic heterocycles. The quantitative estimate of drug-likeness (QED) is 0.817. The van der Waals surface area contributed by atoms with Gasteiger partial charge in [-0.3, -0.25) is 0 Å². The van der Waals surface area contributed by atoms with E-state index in [-0.39, 0.29) is 6.04 Å². The summed E-state index contributed by atoms with van der Waals surface area (Å²) >= 11 is 0. The van der Waals surface area contributed by atoms with Crippen molar-refractivity contribution in [2.75, 3.05) is 5.73 Å². The van der Waals surface area contributed by atoms with Gasteiger partial charge in [-0.05, 0) is 49.7 Å². The molecule has 1 aromatic rings. The van der Waals surface area contributed by atoms with E-state index in [4.69, 9.17) is 5.73 Å². The van der Waals surface area contributed by atoms with E-state index >= 15 is 0 Å². The topological polar surface area (TPSA) is 72.2 Å². The number of hydrogen-bond acceptors (Lipinski definition) is 3. The summed E-state index contributed by atoms with van der Waals surface area (Å²) in [5.74, 6) is -1.48. The molecule has 0 unspecified atom stereocenters. The Kier molecular flexibility index (Phi) is 3.21. The summed E-state index contributed by atoms with van der Waals surface area (Å²) in [5.41, 5.74) is 4.45. The van der Waals surface area contributed by atoms with Gasteiger partial charge >= 0.3 is 0 Å². The molecule has 3 rings (SSSR count). The second-order valence-corrected chi connectivity index (χ2v) is 7.28. The fourth-order valence-electron chi connectivity index (χ4n) is 2.49. The second-order valence-electron chi connectivity index (χ2n) is 5.60. The van der Waals surface area contributed by atoms with Crippen LogP contribution in [0.4, 0.5) is 14.5 Å². The zero-order valence-electron chi connectivity index (χ0n) is 10.8. The van der Waals surface area contributed by atoms with Crippen LogP contribution in [0.3, 0.4) is 0 Å². The summed E-state index contributed by atoms with van der Waals surface area (Å²) in [5, 5.41) is 0. The Morgan fingerprint density at radius 3 is 2.20 bits per heavy atom. The van der Waals surface area contributed by atoms with Crippen molar-refractivity contribution in [1.82, 2.24) is 4.72 Å². The molecule has 2 aliphatic carbocycles. The molecule has 0 aliphatic heterocycles. The molecule has 3 N–H and O–H groups in total. The van der Waals surface area contributed by atoms with Crippen molar-refractivity contribution in [3.63, 3.8) is 0 Å². The van der Waals surface area contributed by atoms with Crippen LogP contribution in [-0.2, 0) is 10.0 Å². The smallest absolute Gasteiger partial charge is 0.243 e. The summed E-state index contributed by atoms with van der Waals surface area (Å²) in [6.45, 7) is 0. The predicted molar refractivity (Wildman–Crippen MR) is 70.3 cm³/mol. The Labute approximate surface area is 116 Å². The molecular formula is C13H16F2N2O2S. The highest BCUT2D eigenvalue weighted by molar-refractivity contribution is 7.89. The predicted octanol–water partition coefficient (Wildman–Crippen LogP) is 2.01. The lowest BCUT2D eigenvalue weighted by molar-refractivity contribution is 0.468. The van der Waals surface area contributed by atoms with Gasteiger partial charge in [-0.15, -0.1) is 0 Å². The lowest BCUT2D eigenvalue weighted by atomic mass is 10.1. The van der Waals surface area contributed by atoms with E-state index in [1.54, 1.807) is 0 Å².